The van der Waals surface area contributed by atoms with E-state index in [0.717, 1.165) is 25.7 Å². The smallest absolute Gasteiger partial charge is 0.312 e. The third kappa shape index (κ3) is 5.31. The number of nitrogens with zero attached hydrogens (tertiary/aromatic N) is 2. The quantitative estimate of drug-likeness (QED) is 0.184. The van der Waals surface area contributed by atoms with Crippen molar-refractivity contribution < 1.29 is 29.0 Å². The van der Waals surface area contributed by atoms with Crippen LogP contribution < -0.4 is 0 Å². The molecule has 0 radical (unpaired) electrons. The summed E-state index contributed by atoms with van der Waals surface area (Å²) >= 11 is 0. The number of hydrogen-bond acceptors (Lipinski definition) is 6. The first-order valence-corrected chi connectivity index (χ1v) is 14.4. The summed E-state index contributed by atoms with van der Waals surface area (Å²) in [5, 5.41) is 9.24. The largest absolute Gasteiger partial charge is 0.465 e. The molecule has 1 spiro atoms. The molecule has 3 fully saturated rings. The van der Waals surface area contributed by atoms with E-state index >= 15 is 0 Å². The van der Waals surface area contributed by atoms with Gasteiger partial charge < -0.3 is 24.4 Å². The summed E-state index contributed by atoms with van der Waals surface area (Å²) in [4.78, 5) is 45.5. The van der Waals surface area contributed by atoms with E-state index in [1.54, 1.807) is 17.1 Å². The summed E-state index contributed by atoms with van der Waals surface area (Å²) in [6, 6.07) is -0.833. The lowest BCUT2D eigenvalue weighted by molar-refractivity contribution is -0.162. The second-order valence-corrected chi connectivity index (χ2v) is 11.5. The van der Waals surface area contributed by atoms with Crippen LogP contribution in [0.3, 0.4) is 0 Å². The first-order chi connectivity index (χ1) is 18.1. The zero-order valence-electron chi connectivity index (χ0n) is 23.8. The Morgan fingerprint density at radius 2 is 2.00 bits per heavy atom. The van der Waals surface area contributed by atoms with E-state index in [0.29, 0.717) is 38.8 Å². The van der Waals surface area contributed by atoms with Crippen LogP contribution in [0, 0.1) is 17.8 Å². The molecule has 2 amide bonds. The summed E-state index contributed by atoms with van der Waals surface area (Å²) < 4.78 is 12.5. The van der Waals surface area contributed by atoms with Crippen LogP contribution in [0.2, 0.25) is 0 Å². The van der Waals surface area contributed by atoms with E-state index in [4.69, 9.17) is 9.47 Å². The number of hydrogen-bond donors (Lipinski definition) is 1. The first-order valence-electron chi connectivity index (χ1n) is 14.4. The Bertz CT molecular complexity index is 892. The van der Waals surface area contributed by atoms with Crippen molar-refractivity contribution in [2.24, 2.45) is 17.8 Å². The first kappa shape index (κ1) is 30.4. The van der Waals surface area contributed by atoms with Crippen molar-refractivity contribution in [1.29, 1.82) is 0 Å². The van der Waals surface area contributed by atoms with Gasteiger partial charge in [-0.15, -0.1) is 13.2 Å². The van der Waals surface area contributed by atoms with Crippen LogP contribution in [0.25, 0.3) is 0 Å². The maximum absolute atomic E-state index is 14.4. The Morgan fingerprint density at radius 1 is 1.26 bits per heavy atom. The molecule has 2 bridgehead atoms. The normalized spacial score (nSPS) is 32.2. The van der Waals surface area contributed by atoms with Gasteiger partial charge in [0.25, 0.3) is 0 Å². The average Bonchev–Trinajstić information content (AvgIpc) is 3.39. The maximum Gasteiger partial charge on any atom is 0.312 e. The molecular weight excluding hydrogens is 484 g/mol. The van der Waals surface area contributed by atoms with Crippen LogP contribution in [0.4, 0.5) is 0 Å². The Balaban J connectivity index is 2.01. The van der Waals surface area contributed by atoms with Gasteiger partial charge in [-0.05, 0) is 64.7 Å². The van der Waals surface area contributed by atoms with Crippen LogP contribution in [-0.2, 0) is 23.9 Å². The molecule has 1 N–H and O–H groups in total. The standard InChI is InChI=1S/C30H48N2O6/c1-7-10-14-19-37-28(36)24-23-26(34)32(17-12-11-13-18-33)25(30(23)20-21(4)29(24,6)38-30)27(35)31(16-9-3)22(5)15-8-2/h7,9,21-25,33H,1,3,8,10-20H2,2,4-6H3/t21?,22?,23-,24-,25?,29+,30?/m0/s1. The summed E-state index contributed by atoms with van der Waals surface area (Å²) in [5.74, 6) is -2.30. The summed E-state index contributed by atoms with van der Waals surface area (Å²) in [7, 11) is 0. The lowest BCUT2D eigenvalue weighted by Crippen LogP contribution is -2.58. The molecule has 3 aliphatic heterocycles. The van der Waals surface area contributed by atoms with Crippen molar-refractivity contribution in [3.05, 3.63) is 25.3 Å². The Hall–Kier alpha value is -2.19. The Morgan fingerprint density at radius 3 is 2.63 bits per heavy atom. The number of unbranched alkanes of at least 4 members (excludes halogenated alkanes) is 3. The minimum absolute atomic E-state index is 0.0236. The second kappa shape index (κ2) is 12.8. The molecule has 8 heteroatoms. The molecular formula is C30H48N2O6. The third-order valence-corrected chi connectivity index (χ3v) is 9.00. The van der Waals surface area contributed by atoms with E-state index in [9.17, 15) is 19.5 Å². The van der Waals surface area contributed by atoms with Crippen molar-refractivity contribution in [1.82, 2.24) is 9.80 Å². The van der Waals surface area contributed by atoms with Crippen LogP contribution in [0.1, 0.15) is 79.1 Å². The molecule has 214 valence electrons. The number of aliphatic hydroxyl groups excluding tert-OH is 1. The molecule has 0 aromatic heterocycles. The molecule has 3 rings (SSSR count). The van der Waals surface area contributed by atoms with E-state index in [-0.39, 0.29) is 37.0 Å². The SMILES string of the molecule is C=CCCCOC(=O)[C@@H]1[C@H]2C(=O)N(CCCCCO)C(C(=O)N(CC=C)C(C)CCC)C23CC(C)[C@@]1(C)O3. The van der Waals surface area contributed by atoms with E-state index in [2.05, 4.69) is 20.1 Å². The van der Waals surface area contributed by atoms with E-state index < -0.39 is 35.0 Å². The van der Waals surface area contributed by atoms with Crippen LogP contribution >= 0.6 is 0 Å². The highest BCUT2D eigenvalue weighted by molar-refractivity contribution is 5.98. The van der Waals surface area contributed by atoms with Gasteiger partial charge >= 0.3 is 5.97 Å². The van der Waals surface area contributed by atoms with Gasteiger partial charge in [-0.2, -0.15) is 0 Å². The maximum atomic E-state index is 14.4. The molecule has 3 heterocycles. The minimum Gasteiger partial charge on any atom is -0.465 e. The predicted octanol–water partition coefficient (Wildman–Crippen LogP) is 3.87. The molecule has 7 atom stereocenters. The van der Waals surface area contributed by atoms with E-state index in [1.807, 2.05) is 25.7 Å². The van der Waals surface area contributed by atoms with Gasteiger partial charge in [-0.25, -0.2) is 0 Å². The highest BCUT2D eigenvalue weighted by Gasteiger charge is 2.80. The van der Waals surface area contributed by atoms with E-state index in [1.165, 1.54) is 0 Å². The fourth-order valence-corrected chi connectivity index (χ4v) is 7.03. The monoisotopic (exact) mass is 532 g/mol. The zero-order chi connectivity index (χ0) is 28.1. The van der Waals surface area contributed by atoms with Crippen LogP contribution in [-0.4, -0.2) is 82.3 Å². The number of ether oxygens (including phenoxy) is 2. The van der Waals surface area contributed by atoms with Crippen molar-refractivity contribution in [3.8, 4) is 0 Å². The number of carbonyl (C=O) groups excluding carboxylic acids is 3. The highest BCUT2D eigenvalue weighted by Crippen LogP contribution is 2.65. The molecule has 8 nitrogen and oxygen atoms in total. The fraction of sp³-hybridized carbons (Fsp3) is 0.767. The number of aliphatic hydroxyl groups is 1. The number of fused-ring (bicyclic) bond motifs is 1. The molecule has 0 aromatic rings. The lowest BCUT2D eigenvalue weighted by Gasteiger charge is -2.39. The van der Waals surface area contributed by atoms with Crippen LogP contribution in [0.15, 0.2) is 25.3 Å². The number of likely N-dealkylation sites (tertiary alicyclic amines) is 1. The predicted molar refractivity (Wildman–Crippen MR) is 146 cm³/mol. The minimum atomic E-state index is -1.07. The van der Waals surface area contributed by atoms with Crippen molar-refractivity contribution >= 4 is 17.8 Å². The lowest BCUT2D eigenvalue weighted by atomic mass is 9.62. The van der Waals surface area contributed by atoms with Gasteiger partial charge in [-0.3, -0.25) is 14.4 Å². The summed E-state index contributed by atoms with van der Waals surface area (Å²) in [6.45, 7) is 16.8. The number of esters is 1. The van der Waals surface area contributed by atoms with Gasteiger partial charge in [0.15, 0.2) is 0 Å². The van der Waals surface area contributed by atoms with Crippen molar-refractivity contribution in [2.45, 2.75) is 102 Å². The molecule has 0 saturated carbocycles. The number of carbonyl (C=O) groups is 3. The fourth-order valence-electron chi connectivity index (χ4n) is 7.03. The number of allylic oxidation sites excluding steroid dienone is 1. The molecule has 4 unspecified atom stereocenters. The number of rotatable bonds is 16. The highest BCUT2D eigenvalue weighted by atomic mass is 16.6. The van der Waals surface area contributed by atoms with Gasteiger partial charge in [0.05, 0.1) is 18.1 Å². The molecule has 0 aliphatic carbocycles. The molecule has 3 aliphatic rings. The van der Waals surface area contributed by atoms with Gasteiger partial charge in [0, 0.05) is 25.7 Å². The third-order valence-electron chi connectivity index (χ3n) is 9.00. The average molecular weight is 533 g/mol. The zero-order valence-corrected chi connectivity index (χ0v) is 23.8. The Labute approximate surface area is 228 Å². The molecule has 3 saturated heterocycles. The van der Waals surface area contributed by atoms with Gasteiger partial charge in [0.2, 0.25) is 11.8 Å². The second-order valence-electron chi connectivity index (χ2n) is 11.5. The summed E-state index contributed by atoms with van der Waals surface area (Å²) in [5.41, 5.74) is -1.95. The number of amides is 2. The topological polar surface area (TPSA) is 96.4 Å². The van der Waals surface area contributed by atoms with Crippen molar-refractivity contribution in [3.63, 3.8) is 0 Å². The van der Waals surface area contributed by atoms with Gasteiger partial charge in [-0.1, -0.05) is 32.4 Å². The molecule has 38 heavy (non-hydrogen) atoms. The summed E-state index contributed by atoms with van der Waals surface area (Å²) in [6.07, 6.45) is 9.25. The molecule has 0 aromatic carbocycles. The van der Waals surface area contributed by atoms with Crippen LogP contribution in [0.5, 0.6) is 0 Å². The Kier molecular flexibility index (Phi) is 10.2. The van der Waals surface area contributed by atoms with Crippen molar-refractivity contribution in [2.75, 3.05) is 26.3 Å². The van der Waals surface area contributed by atoms with Gasteiger partial charge in [0.1, 0.15) is 17.6 Å².